The largest absolute Gasteiger partial charge is 0.454 e. The van der Waals surface area contributed by atoms with Crippen LogP contribution in [0.3, 0.4) is 0 Å². The van der Waals surface area contributed by atoms with Gasteiger partial charge in [-0.1, -0.05) is 30.3 Å². The van der Waals surface area contributed by atoms with Gasteiger partial charge in [0.1, 0.15) is 11.8 Å². The predicted molar refractivity (Wildman–Crippen MR) is 85.6 cm³/mol. The summed E-state index contributed by atoms with van der Waals surface area (Å²) in [6.45, 7) is 0.940. The van der Waals surface area contributed by atoms with Gasteiger partial charge in [0, 0.05) is 17.0 Å². The fourth-order valence-corrected chi connectivity index (χ4v) is 3.40. The Kier molecular flexibility index (Phi) is 2.37. The van der Waals surface area contributed by atoms with E-state index in [0.29, 0.717) is 12.2 Å². The molecule has 4 heteroatoms. The van der Waals surface area contributed by atoms with Gasteiger partial charge < -0.3 is 14.4 Å². The van der Waals surface area contributed by atoms with Crippen molar-refractivity contribution >= 4 is 23.5 Å². The van der Waals surface area contributed by atoms with Gasteiger partial charge in [0.05, 0.1) is 5.70 Å². The molecule has 3 aliphatic heterocycles. The zero-order chi connectivity index (χ0) is 15.4. The van der Waals surface area contributed by atoms with E-state index < -0.39 is 0 Å². The summed E-state index contributed by atoms with van der Waals surface area (Å²) < 4.78 is 11.0. The number of hydrogen-bond acceptors (Lipinski definition) is 4. The lowest BCUT2D eigenvalue weighted by molar-refractivity contribution is 0.174. The highest BCUT2D eigenvalue weighted by atomic mass is 16.7. The van der Waals surface area contributed by atoms with E-state index in [-0.39, 0.29) is 6.79 Å². The fourth-order valence-electron chi connectivity index (χ4n) is 3.40. The van der Waals surface area contributed by atoms with Gasteiger partial charge in [-0.05, 0) is 28.6 Å². The lowest BCUT2D eigenvalue weighted by atomic mass is 10.0. The van der Waals surface area contributed by atoms with Crippen LogP contribution in [-0.4, -0.2) is 18.2 Å². The van der Waals surface area contributed by atoms with Gasteiger partial charge in [-0.3, -0.25) is 0 Å². The number of benzene rings is 2. The smallest absolute Gasteiger partial charge is 0.231 e. The first-order valence-electron chi connectivity index (χ1n) is 7.48. The van der Waals surface area contributed by atoms with Crippen LogP contribution in [0.15, 0.2) is 36.4 Å². The van der Waals surface area contributed by atoms with Gasteiger partial charge in [-0.25, -0.2) is 0 Å². The Morgan fingerprint density at radius 2 is 1.83 bits per heavy atom. The first-order valence-corrected chi connectivity index (χ1v) is 7.48. The van der Waals surface area contributed by atoms with Crippen molar-refractivity contribution in [2.45, 2.75) is 0 Å². The van der Waals surface area contributed by atoms with E-state index in [1.165, 1.54) is 0 Å². The highest BCUT2D eigenvalue weighted by molar-refractivity contribution is 5.86. The summed E-state index contributed by atoms with van der Waals surface area (Å²) in [5.74, 6) is 1.55. The average molecular weight is 300 g/mol. The molecule has 0 aromatic heterocycles. The van der Waals surface area contributed by atoms with Crippen molar-refractivity contribution in [3.05, 3.63) is 57.3 Å². The van der Waals surface area contributed by atoms with Crippen LogP contribution in [0.25, 0.3) is 23.5 Å². The fraction of sp³-hybridized carbons (Fsp3) is 0.105. The molecule has 110 valence electrons. The zero-order valence-corrected chi connectivity index (χ0v) is 12.2. The molecule has 4 nitrogen and oxygen atoms in total. The Hall–Kier alpha value is -3.19. The lowest BCUT2D eigenvalue weighted by Crippen LogP contribution is -2.45. The van der Waals surface area contributed by atoms with E-state index in [0.717, 1.165) is 38.1 Å². The molecule has 0 atom stereocenters. The van der Waals surface area contributed by atoms with Crippen molar-refractivity contribution in [1.29, 1.82) is 5.26 Å². The third-order valence-electron chi connectivity index (χ3n) is 4.49. The van der Waals surface area contributed by atoms with Crippen LogP contribution in [0, 0.1) is 11.3 Å². The average Bonchev–Trinajstić information content (AvgIpc) is 3.05. The number of nitriles is 1. The minimum Gasteiger partial charge on any atom is -0.454 e. The molecule has 0 fully saturated rings. The second kappa shape index (κ2) is 4.40. The molecule has 2 aromatic rings. The molecule has 3 aliphatic rings. The lowest BCUT2D eigenvalue weighted by Gasteiger charge is -2.29. The van der Waals surface area contributed by atoms with Gasteiger partial charge in [0.15, 0.2) is 11.5 Å². The number of rotatable bonds is 0. The van der Waals surface area contributed by atoms with Crippen molar-refractivity contribution in [2.75, 3.05) is 13.3 Å². The third kappa shape index (κ3) is 1.65. The van der Waals surface area contributed by atoms with E-state index in [4.69, 9.17) is 9.47 Å². The summed E-state index contributed by atoms with van der Waals surface area (Å²) in [4.78, 5) is 2.06. The van der Waals surface area contributed by atoms with Gasteiger partial charge >= 0.3 is 0 Å². The second-order valence-electron chi connectivity index (χ2n) is 5.68. The molecule has 0 bridgehead atoms. The van der Waals surface area contributed by atoms with E-state index in [1.54, 1.807) is 0 Å². The minimum absolute atomic E-state index is 0.263. The van der Waals surface area contributed by atoms with Gasteiger partial charge in [-0.15, -0.1) is 0 Å². The Labute approximate surface area is 132 Å². The highest BCUT2D eigenvalue weighted by Crippen LogP contribution is 2.29. The summed E-state index contributed by atoms with van der Waals surface area (Å²) >= 11 is 0. The van der Waals surface area contributed by atoms with E-state index >= 15 is 0 Å². The van der Waals surface area contributed by atoms with Crippen LogP contribution in [-0.2, 0) is 0 Å². The Morgan fingerprint density at radius 3 is 2.70 bits per heavy atom. The van der Waals surface area contributed by atoms with Gasteiger partial charge in [0.2, 0.25) is 6.79 Å². The van der Waals surface area contributed by atoms with Crippen LogP contribution in [0.5, 0.6) is 11.5 Å². The molecule has 3 heterocycles. The maximum absolute atomic E-state index is 9.67. The zero-order valence-electron chi connectivity index (χ0n) is 12.2. The molecule has 0 unspecified atom stereocenters. The summed E-state index contributed by atoms with van der Waals surface area (Å²) in [6.07, 6.45) is 4.27. The number of ether oxygens (including phenoxy) is 2. The maximum atomic E-state index is 9.67. The maximum Gasteiger partial charge on any atom is 0.231 e. The Bertz CT molecular complexity index is 1140. The number of fused-ring (bicyclic) bond motifs is 4. The van der Waals surface area contributed by atoms with Crippen LogP contribution in [0.2, 0.25) is 0 Å². The highest BCUT2D eigenvalue weighted by Gasteiger charge is 2.22. The predicted octanol–water partition coefficient (Wildman–Crippen LogP) is -0.254. The summed E-state index contributed by atoms with van der Waals surface area (Å²) in [6, 6.07) is 14.4. The molecule has 0 amide bonds. The second-order valence-corrected chi connectivity index (χ2v) is 5.68. The molecule has 0 aliphatic carbocycles. The van der Waals surface area contributed by atoms with Crippen molar-refractivity contribution in [3.8, 4) is 17.6 Å². The molecule has 0 N–H and O–H groups in total. The van der Waals surface area contributed by atoms with Crippen LogP contribution in [0.1, 0.15) is 0 Å². The molecular formula is C19H12N2O2. The monoisotopic (exact) mass is 300 g/mol. The van der Waals surface area contributed by atoms with Crippen molar-refractivity contribution < 1.29 is 9.47 Å². The molecule has 0 spiro atoms. The third-order valence-corrected chi connectivity index (χ3v) is 4.49. The van der Waals surface area contributed by atoms with Crippen LogP contribution >= 0.6 is 0 Å². The number of nitrogens with zero attached hydrogens (tertiary/aromatic N) is 2. The molecule has 23 heavy (non-hydrogen) atoms. The van der Waals surface area contributed by atoms with E-state index in [1.807, 2.05) is 36.4 Å². The van der Waals surface area contributed by atoms with Gasteiger partial charge in [0.25, 0.3) is 0 Å². The van der Waals surface area contributed by atoms with Crippen molar-refractivity contribution in [1.82, 2.24) is 4.90 Å². The Morgan fingerprint density at radius 1 is 1.00 bits per heavy atom. The standard InChI is InChI=1S/C19H12N2O2/c20-10-17-14-4-2-1-3-12(14)7-16-15-9-19-18(22-11-23-19)8-13(15)5-6-21(16)17/h1-5,7-9H,6,11H2. The quantitative estimate of drug-likeness (QED) is 0.673. The SMILES string of the molecule is N#CC1=c2ccccc2=CC2=c3cc4c(cc3=CCN12)OCO4. The van der Waals surface area contributed by atoms with Crippen molar-refractivity contribution in [3.63, 3.8) is 0 Å². The van der Waals surface area contributed by atoms with E-state index in [2.05, 4.69) is 23.1 Å². The van der Waals surface area contributed by atoms with Crippen molar-refractivity contribution in [2.24, 2.45) is 0 Å². The van der Waals surface area contributed by atoms with Gasteiger partial charge in [-0.2, -0.15) is 5.26 Å². The summed E-state index contributed by atoms with van der Waals surface area (Å²) in [5, 5.41) is 13.9. The molecule has 2 aromatic carbocycles. The topological polar surface area (TPSA) is 45.5 Å². The summed E-state index contributed by atoms with van der Waals surface area (Å²) in [5.41, 5.74) is 1.73. The van der Waals surface area contributed by atoms with Crippen LogP contribution in [0.4, 0.5) is 0 Å². The first-order chi connectivity index (χ1) is 11.3. The van der Waals surface area contributed by atoms with Crippen LogP contribution < -0.4 is 30.3 Å². The molecule has 0 radical (unpaired) electrons. The molecule has 5 rings (SSSR count). The Balaban J connectivity index is 1.93. The molecule has 0 saturated carbocycles. The minimum atomic E-state index is 0.263. The van der Waals surface area contributed by atoms with E-state index in [9.17, 15) is 5.26 Å². The molecular weight excluding hydrogens is 288 g/mol. The summed E-state index contributed by atoms with van der Waals surface area (Å²) in [7, 11) is 0. The number of hydrogen-bond donors (Lipinski definition) is 0. The normalized spacial score (nSPS) is 16.6. The first kappa shape index (κ1) is 12.4. The molecule has 0 saturated heterocycles.